The Labute approximate surface area is 156 Å². The van der Waals surface area contributed by atoms with Crippen LogP contribution in [0.4, 0.5) is 0 Å². The molecule has 1 fully saturated rings. The summed E-state index contributed by atoms with van der Waals surface area (Å²) < 4.78 is 0. The van der Waals surface area contributed by atoms with Crippen molar-refractivity contribution >= 4 is 23.4 Å². The Morgan fingerprint density at radius 2 is 1.54 bits per heavy atom. The summed E-state index contributed by atoms with van der Waals surface area (Å²) in [7, 11) is 1.00. The van der Waals surface area contributed by atoms with E-state index in [-0.39, 0.29) is 25.4 Å². The van der Waals surface area contributed by atoms with Crippen LogP contribution >= 0.6 is 23.4 Å². The molecule has 1 heterocycles. The third kappa shape index (κ3) is 27.3. The van der Waals surface area contributed by atoms with Crippen molar-refractivity contribution in [2.24, 2.45) is 0 Å². The fourth-order valence-electron chi connectivity index (χ4n) is 1.54. The number of aliphatic hydroxyl groups excluding tert-OH is 6. The SMILES string of the molecule is CC.CC(O)CCC(O)CCO.CCl.CO.OCC1CC(O)CS1. The lowest BCUT2D eigenvalue weighted by Crippen LogP contribution is -2.12. The number of thioether (sulfide) groups is 1. The molecule has 24 heavy (non-hydrogen) atoms. The van der Waals surface area contributed by atoms with Gasteiger partial charge in [-0.05, 0) is 32.6 Å². The van der Waals surface area contributed by atoms with E-state index in [1.165, 1.54) is 6.38 Å². The fourth-order valence-corrected chi connectivity index (χ4v) is 2.63. The molecule has 0 amide bonds. The Kier molecular flexibility index (Phi) is 37.7. The van der Waals surface area contributed by atoms with E-state index in [1.54, 1.807) is 18.7 Å². The van der Waals surface area contributed by atoms with E-state index in [0.29, 0.717) is 24.5 Å². The van der Waals surface area contributed by atoms with Gasteiger partial charge in [0.15, 0.2) is 0 Å². The zero-order valence-corrected chi connectivity index (χ0v) is 17.3. The summed E-state index contributed by atoms with van der Waals surface area (Å²) in [5.41, 5.74) is 0. The van der Waals surface area contributed by atoms with Gasteiger partial charge in [0.05, 0.1) is 24.9 Å². The minimum absolute atomic E-state index is 0.0149. The van der Waals surface area contributed by atoms with Crippen LogP contribution in [0.15, 0.2) is 0 Å². The highest BCUT2D eigenvalue weighted by molar-refractivity contribution is 8.00. The topological polar surface area (TPSA) is 121 Å². The second-order valence-corrected chi connectivity index (χ2v) is 5.95. The molecule has 1 rings (SSSR count). The van der Waals surface area contributed by atoms with Crippen molar-refractivity contribution < 1.29 is 30.6 Å². The second-order valence-electron chi connectivity index (χ2n) is 4.62. The maximum absolute atomic E-state index is 9.03. The highest BCUT2D eigenvalue weighted by Crippen LogP contribution is 2.25. The van der Waals surface area contributed by atoms with Gasteiger partial charge in [-0.3, -0.25) is 0 Å². The molecule has 1 aliphatic rings. The predicted octanol–water partition coefficient (Wildman–Crippen LogP) is 1.23. The van der Waals surface area contributed by atoms with E-state index in [0.717, 1.165) is 19.3 Å². The smallest absolute Gasteiger partial charge is 0.0642 e. The molecular formula is C16H39ClO6S. The lowest BCUT2D eigenvalue weighted by Gasteiger charge is -2.09. The molecule has 6 nitrogen and oxygen atoms in total. The van der Waals surface area contributed by atoms with Crippen LogP contribution in [0, 0.1) is 0 Å². The first-order valence-corrected chi connectivity index (χ1v) is 10.00. The Morgan fingerprint density at radius 3 is 1.79 bits per heavy atom. The third-order valence-corrected chi connectivity index (χ3v) is 4.03. The molecule has 6 N–H and O–H groups in total. The molecule has 0 spiro atoms. The summed E-state index contributed by atoms with van der Waals surface area (Å²) in [5.74, 6) is 0.797. The van der Waals surface area contributed by atoms with Crippen molar-refractivity contribution in [3.63, 3.8) is 0 Å². The quantitative estimate of drug-likeness (QED) is 0.374. The second kappa shape index (κ2) is 28.2. The van der Waals surface area contributed by atoms with E-state index in [4.69, 9.17) is 30.6 Å². The number of halogens is 1. The minimum atomic E-state index is -0.459. The first-order valence-electron chi connectivity index (χ1n) is 8.19. The van der Waals surface area contributed by atoms with Crippen LogP contribution in [-0.4, -0.2) is 86.7 Å². The third-order valence-electron chi connectivity index (χ3n) is 2.64. The Morgan fingerprint density at radius 1 is 1.04 bits per heavy atom. The molecule has 0 radical (unpaired) electrons. The highest BCUT2D eigenvalue weighted by atomic mass is 35.5. The molecule has 0 aromatic rings. The molecule has 0 aliphatic carbocycles. The van der Waals surface area contributed by atoms with Gasteiger partial charge in [-0.25, -0.2) is 0 Å². The van der Waals surface area contributed by atoms with Gasteiger partial charge in [-0.15, -0.1) is 11.6 Å². The van der Waals surface area contributed by atoms with E-state index in [1.807, 2.05) is 13.8 Å². The molecule has 0 aromatic carbocycles. The van der Waals surface area contributed by atoms with E-state index >= 15 is 0 Å². The van der Waals surface area contributed by atoms with Crippen LogP contribution < -0.4 is 0 Å². The molecule has 0 bridgehead atoms. The molecule has 1 saturated heterocycles. The fraction of sp³-hybridized carbons (Fsp3) is 1.00. The average molecular weight is 395 g/mol. The first kappa shape index (κ1) is 32.1. The summed E-state index contributed by atoms with van der Waals surface area (Å²) in [6, 6.07) is 0. The highest BCUT2D eigenvalue weighted by Gasteiger charge is 2.21. The van der Waals surface area contributed by atoms with Crippen LogP contribution in [0.2, 0.25) is 0 Å². The molecule has 0 aromatic heterocycles. The Hall–Kier alpha value is 0.400. The zero-order chi connectivity index (χ0) is 20.0. The molecule has 8 heteroatoms. The standard InChI is InChI=1S/C7H16O3.C5H10O2S.C2H6.CH3Cl.CH4O/c1-6(9)2-3-7(10)4-5-8;6-2-5-1-4(7)3-8-5;3*1-2/h6-10H,2-5H2,1H3;4-7H,1-3H2;1-2H3;1H3;2H,1H3. The summed E-state index contributed by atoms with van der Waals surface area (Å²) in [5, 5.41) is 50.9. The van der Waals surface area contributed by atoms with Gasteiger partial charge in [0.2, 0.25) is 0 Å². The van der Waals surface area contributed by atoms with Crippen LogP contribution in [-0.2, 0) is 0 Å². The average Bonchev–Trinajstić information content (AvgIpc) is 3.05. The monoisotopic (exact) mass is 394 g/mol. The van der Waals surface area contributed by atoms with Crippen LogP contribution in [0.25, 0.3) is 0 Å². The normalized spacial score (nSPS) is 20.5. The molecule has 0 saturated carbocycles. The van der Waals surface area contributed by atoms with Crippen molar-refractivity contribution in [3.8, 4) is 0 Å². The van der Waals surface area contributed by atoms with Gasteiger partial charge in [0.1, 0.15) is 0 Å². The summed E-state index contributed by atoms with van der Waals surface area (Å²) in [6.07, 6.45) is 2.83. The summed E-state index contributed by atoms with van der Waals surface area (Å²) in [6.45, 7) is 5.91. The lowest BCUT2D eigenvalue weighted by molar-refractivity contribution is 0.0997. The van der Waals surface area contributed by atoms with Crippen molar-refractivity contribution in [3.05, 3.63) is 0 Å². The van der Waals surface area contributed by atoms with Crippen LogP contribution in [0.5, 0.6) is 0 Å². The van der Waals surface area contributed by atoms with Gasteiger partial charge in [-0.1, -0.05) is 13.8 Å². The molecule has 1 aliphatic heterocycles. The number of hydrogen-bond donors (Lipinski definition) is 6. The van der Waals surface area contributed by atoms with E-state index < -0.39 is 6.10 Å². The van der Waals surface area contributed by atoms with Gasteiger partial charge in [0, 0.05) is 31.1 Å². The largest absolute Gasteiger partial charge is 0.400 e. The molecule has 4 atom stereocenters. The number of aliphatic hydroxyl groups is 6. The first-order chi connectivity index (χ1) is 11.5. The molecule has 4 unspecified atom stereocenters. The maximum Gasteiger partial charge on any atom is 0.0642 e. The van der Waals surface area contributed by atoms with Crippen molar-refractivity contribution in [1.82, 2.24) is 0 Å². The Bertz CT molecular complexity index is 201. The maximum atomic E-state index is 9.03. The number of alkyl halides is 1. The van der Waals surface area contributed by atoms with Crippen LogP contribution in [0.3, 0.4) is 0 Å². The molecule has 152 valence electrons. The number of hydrogen-bond acceptors (Lipinski definition) is 7. The Balaban J connectivity index is -0.000000128. The predicted molar refractivity (Wildman–Crippen MR) is 104 cm³/mol. The summed E-state index contributed by atoms with van der Waals surface area (Å²) in [4.78, 5) is 0. The lowest BCUT2D eigenvalue weighted by atomic mass is 10.1. The number of rotatable bonds is 6. The van der Waals surface area contributed by atoms with Gasteiger partial charge >= 0.3 is 0 Å². The van der Waals surface area contributed by atoms with Crippen molar-refractivity contribution in [2.45, 2.75) is 70.0 Å². The summed E-state index contributed by atoms with van der Waals surface area (Å²) >= 11 is 6.29. The zero-order valence-electron chi connectivity index (χ0n) is 15.7. The van der Waals surface area contributed by atoms with Crippen LogP contribution in [0.1, 0.15) is 46.5 Å². The molecular weight excluding hydrogens is 356 g/mol. The van der Waals surface area contributed by atoms with E-state index in [9.17, 15) is 0 Å². The minimum Gasteiger partial charge on any atom is -0.400 e. The van der Waals surface area contributed by atoms with E-state index in [2.05, 4.69) is 11.6 Å². The van der Waals surface area contributed by atoms with Gasteiger partial charge in [0.25, 0.3) is 0 Å². The van der Waals surface area contributed by atoms with Gasteiger partial charge in [-0.2, -0.15) is 11.8 Å². The van der Waals surface area contributed by atoms with Gasteiger partial charge < -0.3 is 30.6 Å². The van der Waals surface area contributed by atoms with Crippen molar-refractivity contribution in [2.75, 3.05) is 32.5 Å². The van der Waals surface area contributed by atoms with Crippen molar-refractivity contribution in [1.29, 1.82) is 0 Å².